The van der Waals surface area contributed by atoms with Crippen molar-refractivity contribution in [1.82, 2.24) is 19.8 Å². The Kier molecular flexibility index (Phi) is 6.47. The third kappa shape index (κ3) is 4.47. The van der Waals surface area contributed by atoms with Crippen LogP contribution in [0, 0.1) is 0 Å². The van der Waals surface area contributed by atoms with Gasteiger partial charge in [0.25, 0.3) is 5.91 Å². The highest BCUT2D eigenvalue weighted by molar-refractivity contribution is 5.84. The fourth-order valence-corrected chi connectivity index (χ4v) is 4.25. The number of carbonyl (C=O) groups is 1. The van der Waals surface area contributed by atoms with Gasteiger partial charge in [-0.1, -0.05) is 0 Å². The maximum Gasteiger partial charge on any atom is 0.253 e. The Morgan fingerprint density at radius 2 is 2.31 bits per heavy atom. The largest absolute Gasteiger partial charge is 0.385 e. The van der Waals surface area contributed by atoms with Crippen molar-refractivity contribution in [2.24, 2.45) is 0 Å². The summed E-state index contributed by atoms with van der Waals surface area (Å²) in [6.45, 7) is 5.82. The predicted octanol–water partition coefficient (Wildman–Crippen LogP) is 2.50. The molecule has 1 amide bonds. The number of nitrogens with zero attached hydrogens (tertiary/aromatic N) is 3. The number of hydrogen-bond donors (Lipinski definition) is 1. The van der Waals surface area contributed by atoms with E-state index >= 15 is 0 Å². The van der Waals surface area contributed by atoms with Gasteiger partial charge in [0.15, 0.2) is 0 Å². The molecular formula is C22H32N4O3. The van der Waals surface area contributed by atoms with Gasteiger partial charge in [-0.3, -0.25) is 9.78 Å². The monoisotopic (exact) mass is 400 g/mol. The van der Waals surface area contributed by atoms with E-state index in [1.165, 1.54) is 0 Å². The van der Waals surface area contributed by atoms with Crippen LogP contribution in [0.4, 0.5) is 0 Å². The Bertz CT molecular complexity index is 827. The zero-order chi connectivity index (χ0) is 20.2. The molecule has 1 N–H and O–H groups in total. The molecule has 1 aliphatic carbocycles. The average Bonchev–Trinajstić information content (AvgIpc) is 3.52. The quantitative estimate of drug-likeness (QED) is 0.655. The summed E-state index contributed by atoms with van der Waals surface area (Å²) in [6.07, 6.45) is 7.86. The highest BCUT2D eigenvalue weighted by atomic mass is 16.5. The third-order valence-electron chi connectivity index (χ3n) is 5.93. The normalized spacial score (nSPS) is 20.7. The van der Waals surface area contributed by atoms with E-state index in [-0.39, 0.29) is 18.1 Å². The van der Waals surface area contributed by atoms with Gasteiger partial charge in [-0.05, 0) is 44.7 Å². The minimum Gasteiger partial charge on any atom is -0.385 e. The van der Waals surface area contributed by atoms with E-state index < -0.39 is 0 Å². The van der Waals surface area contributed by atoms with Crippen molar-refractivity contribution in [3.05, 3.63) is 30.1 Å². The maximum atomic E-state index is 13.3. The number of rotatable bonds is 9. The molecule has 2 aromatic heterocycles. The first-order chi connectivity index (χ1) is 14.2. The second-order valence-corrected chi connectivity index (χ2v) is 8.07. The number of fused-ring (bicyclic) bond motifs is 1. The second-order valence-electron chi connectivity index (χ2n) is 8.07. The number of morpholine rings is 1. The van der Waals surface area contributed by atoms with E-state index in [9.17, 15) is 4.79 Å². The molecule has 2 atom stereocenters. The van der Waals surface area contributed by atoms with Gasteiger partial charge in [0.1, 0.15) is 6.10 Å². The van der Waals surface area contributed by atoms with E-state index in [0.29, 0.717) is 19.2 Å². The van der Waals surface area contributed by atoms with Gasteiger partial charge in [0.05, 0.1) is 23.7 Å². The highest BCUT2D eigenvalue weighted by Gasteiger charge is 2.40. The van der Waals surface area contributed by atoms with Crippen LogP contribution in [0.3, 0.4) is 0 Å². The molecule has 0 radical (unpaired) electrons. The fourth-order valence-electron chi connectivity index (χ4n) is 4.25. The Labute approximate surface area is 172 Å². The van der Waals surface area contributed by atoms with Crippen molar-refractivity contribution in [2.75, 3.05) is 33.4 Å². The lowest BCUT2D eigenvalue weighted by Crippen LogP contribution is -2.50. The van der Waals surface area contributed by atoms with Crippen molar-refractivity contribution < 1.29 is 14.3 Å². The fraction of sp³-hybridized carbons (Fsp3) is 0.636. The molecule has 2 fully saturated rings. The number of aryl methyl sites for hydroxylation is 1. The predicted molar refractivity (Wildman–Crippen MR) is 112 cm³/mol. The van der Waals surface area contributed by atoms with Crippen LogP contribution in [0.1, 0.15) is 44.2 Å². The molecule has 29 heavy (non-hydrogen) atoms. The Hall–Kier alpha value is -1.96. The number of amides is 1. The molecule has 3 heterocycles. The first-order valence-electron chi connectivity index (χ1n) is 10.8. The Morgan fingerprint density at radius 3 is 3.03 bits per heavy atom. The van der Waals surface area contributed by atoms with Gasteiger partial charge >= 0.3 is 0 Å². The Balaban J connectivity index is 1.59. The Morgan fingerprint density at radius 1 is 1.45 bits per heavy atom. The van der Waals surface area contributed by atoms with Crippen molar-refractivity contribution in [1.29, 1.82) is 0 Å². The van der Waals surface area contributed by atoms with Crippen LogP contribution in [0.15, 0.2) is 24.5 Å². The van der Waals surface area contributed by atoms with E-state index in [1.54, 1.807) is 7.11 Å². The molecule has 158 valence electrons. The number of hydrogen-bond acceptors (Lipinski definition) is 5. The lowest BCUT2D eigenvalue weighted by atomic mass is 10.1. The molecular weight excluding hydrogens is 368 g/mol. The smallest absolute Gasteiger partial charge is 0.253 e. The number of pyridine rings is 1. The number of methoxy groups -OCH3 is 1. The van der Waals surface area contributed by atoms with Gasteiger partial charge < -0.3 is 24.3 Å². The van der Waals surface area contributed by atoms with Crippen molar-refractivity contribution in [3.8, 4) is 0 Å². The maximum absolute atomic E-state index is 13.3. The molecule has 0 aromatic carbocycles. The van der Waals surface area contributed by atoms with Crippen molar-refractivity contribution >= 4 is 16.9 Å². The molecule has 0 bridgehead atoms. The molecule has 1 saturated carbocycles. The van der Waals surface area contributed by atoms with E-state index in [2.05, 4.69) is 39.0 Å². The van der Waals surface area contributed by atoms with Crippen LogP contribution in [0.5, 0.6) is 0 Å². The second kappa shape index (κ2) is 9.24. The third-order valence-corrected chi connectivity index (χ3v) is 5.93. The van der Waals surface area contributed by atoms with E-state index in [0.717, 1.165) is 62.0 Å². The van der Waals surface area contributed by atoms with E-state index in [1.807, 2.05) is 12.3 Å². The summed E-state index contributed by atoms with van der Waals surface area (Å²) in [5.74, 6) is 0.101. The van der Waals surface area contributed by atoms with Gasteiger partial charge in [-0.25, -0.2) is 0 Å². The van der Waals surface area contributed by atoms with Crippen LogP contribution >= 0.6 is 0 Å². The van der Waals surface area contributed by atoms with Crippen LogP contribution in [-0.2, 0) is 20.8 Å². The zero-order valence-corrected chi connectivity index (χ0v) is 17.5. The van der Waals surface area contributed by atoms with Gasteiger partial charge in [-0.15, -0.1) is 0 Å². The molecule has 7 heteroatoms. The summed E-state index contributed by atoms with van der Waals surface area (Å²) in [7, 11) is 1.74. The summed E-state index contributed by atoms with van der Waals surface area (Å²) in [6, 6.07) is 4.38. The van der Waals surface area contributed by atoms with Crippen LogP contribution in [0.2, 0.25) is 0 Å². The summed E-state index contributed by atoms with van der Waals surface area (Å²) < 4.78 is 13.2. The van der Waals surface area contributed by atoms with Crippen molar-refractivity contribution in [3.63, 3.8) is 0 Å². The number of carbonyl (C=O) groups excluding carboxylic acids is 1. The number of ether oxygens (including phenoxy) is 2. The van der Waals surface area contributed by atoms with Crippen LogP contribution in [0.25, 0.3) is 11.0 Å². The molecule has 4 rings (SSSR count). The standard InChI is InChI=1S/C22H32N4O3/c1-16(26(17-7-8-17)22(27)20-14-23-10-13-29-20)18-15-25(11-3-4-12-28-2)19-6-5-9-24-21(18)19/h5-6,9,15-17,20,23H,3-4,7-8,10-14H2,1-2H3/t16-,20-/m1/s1. The number of unbranched alkanes of at least 4 members (excludes halogenated alkanes) is 1. The number of aromatic nitrogens is 2. The van der Waals surface area contributed by atoms with E-state index in [4.69, 9.17) is 9.47 Å². The average molecular weight is 401 g/mol. The minimum absolute atomic E-state index is 0.0295. The minimum atomic E-state index is -0.387. The molecule has 2 aliphatic rings. The molecule has 0 unspecified atom stereocenters. The summed E-state index contributed by atoms with van der Waals surface area (Å²) in [5, 5.41) is 3.28. The van der Waals surface area contributed by atoms with Crippen molar-refractivity contribution in [2.45, 2.75) is 57.3 Å². The number of nitrogens with one attached hydrogen (secondary N) is 1. The molecule has 0 spiro atoms. The molecule has 1 aliphatic heterocycles. The molecule has 7 nitrogen and oxygen atoms in total. The van der Waals surface area contributed by atoms with Crippen LogP contribution in [-0.4, -0.2) is 65.9 Å². The van der Waals surface area contributed by atoms with Crippen LogP contribution < -0.4 is 5.32 Å². The zero-order valence-electron chi connectivity index (χ0n) is 17.5. The SMILES string of the molecule is COCCCCn1cc([C@@H](C)N(C(=O)[C@H]2CNCCO2)C2CC2)c2ncccc21. The highest BCUT2D eigenvalue weighted by Crippen LogP contribution is 2.37. The molecule has 1 saturated heterocycles. The molecule has 2 aromatic rings. The lowest BCUT2D eigenvalue weighted by Gasteiger charge is -2.34. The van der Waals surface area contributed by atoms with Gasteiger partial charge in [0, 0.05) is 57.3 Å². The first kappa shape index (κ1) is 20.3. The van der Waals surface area contributed by atoms with Gasteiger partial charge in [0.2, 0.25) is 0 Å². The summed E-state index contributed by atoms with van der Waals surface area (Å²) in [5.41, 5.74) is 3.25. The first-order valence-corrected chi connectivity index (χ1v) is 10.8. The van der Waals surface area contributed by atoms with Gasteiger partial charge in [-0.2, -0.15) is 0 Å². The lowest BCUT2D eigenvalue weighted by molar-refractivity contribution is -0.148. The topological polar surface area (TPSA) is 68.6 Å². The summed E-state index contributed by atoms with van der Waals surface area (Å²) in [4.78, 5) is 20.0. The summed E-state index contributed by atoms with van der Waals surface area (Å²) >= 11 is 0.